The van der Waals surface area contributed by atoms with Gasteiger partial charge in [-0.25, -0.2) is 18.4 Å². The van der Waals surface area contributed by atoms with Crippen LogP contribution in [0.4, 0.5) is 11.6 Å². The summed E-state index contributed by atoms with van der Waals surface area (Å²) in [6.45, 7) is 4.87. The Balaban J connectivity index is 1.39. The molecule has 156 valence electrons. The SMILES string of the molecule is Cc1cc(C)nc(Nc2ccc(C3CCN(S(=O)(=O)c4ccccc4)CC3)nc2)n1. The standard InChI is InChI=1S/C22H25N5O2S/c1-16-14-17(2)25-22(24-16)26-19-8-9-21(23-15-19)18-10-12-27(13-11-18)30(28,29)20-6-4-3-5-7-20/h3-9,14-15,18H,10-13H2,1-2H3,(H,24,25,26). The number of rotatable bonds is 5. The lowest BCUT2D eigenvalue weighted by molar-refractivity contribution is 0.316. The van der Waals surface area contributed by atoms with Crippen LogP contribution in [0.2, 0.25) is 0 Å². The van der Waals surface area contributed by atoms with Crippen molar-refractivity contribution >= 4 is 21.7 Å². The predicted octanol–water partition coefficient (Wildman–Crippen LogP) is 3.80. The van der Waals surface area contributed by atoms with Crippen LogP contribution in [0.5, 0.6) is 0 Å². The summed E-state index contributed by atoms with van der Waals surface area (Å²) in [6, 6.07) is 14.5. The summed E-state index contributed by atoms with van der Waals surface area (Å²) in [4.78, 5) is 13.7. The number of anilines is 2. The van der Waals surface area contributed by atoms with E-state index in [1.165, 1.54) is 0 Å². The number of hydrogen-bond donors (Lipinski definition) is 1. The number of sulfonamides is 1. The predicted molar refractivity (Wildman–Crippen MR) is 116 cm³/mol. The number of nitrogens with zero attached hydrogens (tertiary/aromatic N) is 4. The molecule has 3 aromatic rings. The summed E-state index contributed by atoms with van der Waals surface area (Å²) in [5.74, 6) is 0.806. The van der Waals surface area contributed by atoms with Gasteiger partial charge in [0.05, 0.1) is 16.8 Å². The second kappa shape index (κ2) is 8.49. The summed E-state index contributed by atoms with van der Waals surface area (Å²) in [5, 5.41) is 3.19. The van der Waals surface area contributed by atoms with Gasteiger partial charge in [-0.3, -0.25) is 4.98 Å². The van der Waals surface area contributed by atoms with Gasteiger partial charge >= 0.3 is 0 Å². The maximum atomic E-state index is 12.8. The minimum atomic E-state index is -3.43. The van der Waals surface area contributed by atoms with Crippen molar-refractivity contribution in [2.24, 2.45) is 0 Å². The first-order valence-corrected chi connectivity index (χ1v) is 11.5. The third-order valence-corrected chi connectivity index (χ3v) is 7.19. The maximum absolute atomic E-state index is 12.8. The van der Waals surface area contributed by atoms with Crippen LogP contribution in [0, 0.1) is 13.8 Å². The minimum Gasteiger partial charge on any atom is -0.323 e. The molecule has 0 amide bonds. The van der Waals surface area contributed by atoms with E-state index in [1.54, 1.807) is 34.8 Å². The average molecular weight is 424 g/mol. The topological polar surface area (TPSA) is 88.1 Å². The summed E-state index contributed by atoms with van der Waals surface area (Å²) in [6.07, 6.45) is 3.29. The van der Waals surface area contributed by atoms with Gasteiger partial charge in [-0.2, -0.15) is 4.31 Å². The van der Waals surface area contributed by atoms with Gasteiger partial charge in [0.2, 0.25) is 16.0 Å². The third-order valence-electron chi connectivity index (χ3n) is 5.28. The number of piperidine rings is 1. The molecule has 1 aromatic carbocycles. The van der Waals surface area contributed by atoms with Gasteiger partial charge in [-0.05, 0) is 57.0 Å². The average Bonchev–Trinajstić information content (AvgIpc) is 2.74. The maximum Gasteiger partial charge on any atom is 0.243 e. The van der Waals surface area contributed by atoms with E-state index in [0.29, 0.717) is 23.9 Å². The summed E-state index contributed by atoms with van der Waals surface area (Å²) < 4.78 is 27.1. The van der Waals surface area contributed by atoms with Crippen molar-refractivity contribution in [2.75, 3.05) is 18.4 Å². The molecule has 0 unspecified atom stereocenters. The number of benzene rings is 1. The van der Waals surface area contributed by atoms with Crippen molar-refractivity contribution in [3.8, 4) is 0 Å². The van der Waals surface area contributed by atoms with Crippen LogP contribution in [0.15, 0.2) is 59.6 Å². The number of aryl methyl sites for hydroxylation is 2. The second-order valence-electron chi connectivity index (χ2n) is 7.56. The molecular weight excluding hydrogens is 398 g/mol. The lowest BCUT2D eigenvalue weighted by Gasteiger charge is -2.31. The summed E-state index contributed by atoms with van der Waals surface area (Å²) in [5.41, 5.74) is 3.63. The molecule has 0 bridgehead atoms. The lowest BCUT2D eigenvalue weighted by Crippen LogP contribution is -2.38. The molecule has 2 aromatic heterocycles. The zero-order chi connectivity index (χ0) is 21.1. The zero-order valence-electron chi connectivity index (χ0n) is 17.1. The first kappa shape index (κ1) is 20.4. The first-order valence-electron chi connectivity index (χ1n) is 10.0. The zero-order valence-corrected chi connectivity index (χ0v) is 17.9. The molecule has 1 aliphatic heterocycles. The van der Waals surface area contributed by atoms with Gasteiger partial charge in [-0.1, -0.05) is 18.2 Å². The van der Waals surface area contributed by atoms with Crippen molar-refractivity contribution in [1.82, 2.24) is 19.3 Å². The highest BCUT2D eigenvalue weighted by atomic mass is 32.2. The molecule has 0 spiro atoms. The van der Waals surface area contributed by atoms with Gasteiger partial charge in [0.15, 0.2) is 0 Å². The Hall–Kier alpha value is -2.84. The van der Waals surface area contributed by atoms with Crippen molar-refractivity contribution in [3.05, 3.63) is 71.8 Å². The largest absolute Gasteiger partial charge is 0.323 e. The lowest BCUT2D eigenvalue weighted by atomic mass is 9.94. The van der Waals surface area contributed by atoms with Crippen molar-refractivity contribution in [1.29, 1.82) is 0 Å². The summed E-state index contributed by atoms with van der Waals surface area (Å²) >= 11 is 0. The summed E-state index contributed by atoms with van der Waals surface area (Å²) in [7, 11) is -3.43. The van der Waals surface area contributed by atoms with Crippen molar-refractivity contribution in [3.63, 3.8) is 0 Å². The molecule has 1 fully saturated rings. The molecule has 30 heavy (non-hydrogen) atoms. The highest BCUT2D eigenvalue weighted by Gasteiger charge is 2.30. The highest BCUT2D eigenvalue weighted by Crippen LogP contribution is 2.30. The van der Waals surface area contributed by atoms with Gasteiger partial charge in [-0.15, -0.1) is 0 Å². The van der Waals surface area contributed by atoms with E-state index in [0.717, 1.165) is 35.6 Å². The molecule has 0 atom stereocenters. The first-order chi connectivity index (χ1) is 14.4. The fourth-order valence-corrected chi connectivity index (χ4v) is 5.26. The van der Waals surface area contributed by atoms with E-state index in [4.69, 9.17) is 0 Å². The van der Waals surface area contributed by atoms with Crippen LogP contribution in [0.25, 0.3) is 0 Å². The van der Waals surface area contributed by atoms with E-state index < -0.39 is 10.0 Å². The van der Waals surface area contributed by atoms with E-state index >= 15 is 0 Å². The number of aromatic nitrogens is 3. The van der Waals surface area contributed by atoms with E-state index in [9.17, 15) is 8.42 Å². The van der Waals surface area contributed by atoms with E-state index in [2.05, 4.69) is 20.3 Å². The Bertz CT molecular complexity index is 1090. The Morgan fingerprint density at radius 3 is 2.23 bits per heavy atom. The Morgan fingerprint density at radius 2 is 1.63 bits per heavy atom. The quantitative estimate of drug-likeness (QED) is 0.672. The number of nitrogens with one attached hydrogen (secondary N) is 1. The van der Waals surface area contributed by atoms with E-state index in [-0.39, 0.29) is 5.92 Å². The molecule has 0 aliphatic carbocycles. The highest BCUT2D eigenvalue weighted by molar-refractivity contribution is 7.89. The van der Waals surface area contributed by atoms with Crippen molar-refractivity contribution < 1.29 is 8.42 Å². The Morgan fingerprint density at radius 1 is 0.967 bits per heavy atom. The van der Waals surface area contributed by atoms with Crippen LogP contribution in [-0.4, -0.2) is 40.8 Å². The Labute approximate surface area is 177 Å². The van der Waals surface area contributed by atoms with Gasteiger partial charge in [0.1, 0.15) is 0 Å². The van der Waals surface area contributed by atoms with Crippen LogP contribution in [0.3, 0.4) is 0 Å². The van der Waals surface area contributed by atoms with Crippen molar-refractivity contribution in [2.45, 2.75) is 37.5 Å². The molecule has 7 nitrogen and oxygen atoms in total. The second-order valence-corrected chi connectivity index (χ2v) is 9.50. The van der Waals surface area contributed by atoms with Crippen LogP contribution >= 0.6 is 0 Å². The Kier molecular flexibility index (Phi) is 5.78. The molecule has 1 aliphatic rings. The smallest absolute Gasteiger partial charge is 0.243 e. The number of pyridine rings is 1. The monoisotopic (exact) mass is 423 g/mol. The fraction of sp³-hybridized carbons (Fsp3) is 0.318. The molecule has 1 N–H and O–H groups in total. The molecule has 1 saturated heterocycles. The third kappa shape index (κ3) is 4.49. The molecule has 0 saturated carbocycles. The van der Waals surface area contributed by atoms with Crippen LogP contribution < -0.4 is 5.32 Å². The normalized spacial score (nSPS) is 15.8. The minimum absolute atomic E-state index is 0.249. The fourth-order valence-electron chi connectivity index (χ4n) is 3.77. The molecule has 4 rings (SSSR count). The molecule has 0 radical (unpaired) electrons. The van der Waals surface area contributed by atoms with Gasteiger partial charge in [0.25, 0.3) is 0 Å². The van der Waals surface area contributed by atoms with Crippen LogP contribution in [0.1, 0.15) is 35.8 Å². The van der Waals surface area contributed by atoms with Gasteiger partial charge < -0.3 is 5.32 Å². The van der Waals surface area contributed by atoms with Crippen LogP contribution in [-0.2, 0) is 10.0 Å². The number of hydrogen-bond acceptors (Lipinski definition) is 6. The van der Waals surface area contributed by atoms with E-state index in [1.807, 2.05) is 38.1 Å². The molecule has 8 heteroatoms. The van der Waals surface area contributed by atoms with Gasteiger partial charge in [0, 0.05) is 36.1 Å². The molecule has 3 heterocycles. The molecular formula is C22H25N5O2S.